The van der Waals surface area contributed by atoms with E-state index < -0.39 is 0 Å². The van der Waals surface area contributed by atoms with E-state index in [2.05, 4.69) is 48.6 Å². The minimum atomic E-state index is 0.634. The van der Waals surface area contributed by atoms with Crippen molar-refractivity contribution >= 4 is 11.3 Å². The van der Waals surface area contributed by atoms with Crippen LogP contribution in [0.5, 0.6) is 0 Å². The second-order valence-electron chi connectivity index (χ2n) is 5.10. The SMILES string of the molecule is CCC(c1cccs1)N1CCC(NC)C(C)C1. The predicted octanol–water partition coefficient (Wildman–Crippen LogP) is 3.13. The van der Waals surface area contributed by atoms with Gasteiger partial charge in [-0.3, -0.25) is 4.90 Å². The van der Waals surface area contributed by atoms with Crippen LogP contribution in [0.1, 0.15) is 37.6 Å². The summed E-state index contributed by atoms with van der Waals surface area (Å²) >= 11 is 1.90. The smallest absolute Gasteiger partial charge is 0.0439 e. The fourth-order valence-corrected chi connectivity index (χ4v) is 3.95. The zero-order valence-corrected chi connectivity index (χ0v) is 12.0. The lowest BCUT2D eigenvalue weighted by molar-refractivity contribution is 0.105. The maximum atomic E-state index is 3.44. The first kappa shape index (κ1) is 13.1. The van der Waals surface area contributed by atoms with Gasteiger partial charge in [-0.25, -0.2) is 0 Å². The lowest BCUT2D eigenvalue weighted by atomic mass is 9.92. The fourth-order valence-electron chi connectivity index (χ4n) is 3.01. The number of likely N-dealkylation sites (tertiary alicyclic amines) is 1. The van der Waals surface area contributed by atoms with E-state index in [9.17, 15) is 0 Å². The van der Waals surface area contributed by atoms with E-state index >= 15 is 0 Å². The Bertz CT molecular complexity index is 323. The Balaban J connectivity index is 2.02. The van der Waals surface area contributed by atoms with Crippen LogP contribution in [0.4, 0.5) is 0 Å². The minimum absolute atomic E-state index is 0.634. The molecule has 0 saturated carbocycles. The van der Waals surface area contributed by atoms with Gasteiger partial charge in [0.2, 0.25) is 0 Å². The molecule has 0 amide bonds. The molecule has 1 saturated heterocycles. The van der Waals surface area contributed by atoms with Crippen molar-refractivity contribution in [3.63, 3.8) is 0 Å². The van der Waals surface area contributed by atoms with Crippen LogP contribution in [0.3, 0.4) is 0 Å². The quantitative estimate of drug-likeness (QED) is 0.885. The highest BCUT2D eigenvalue weighted by molar-refractivity contribution is 7.10. The number of hydrogen-bond acceptors (Lipinski definition) is 3. The second kappa shape index (κ2) is 5.98. The van der Waals surface area contributed by atoms with Crippen LogP contribution < -0.4 is 5.32 Å². The van der Waals surface area contributed by atoms with Gasteiger partial charge in [0.25, 0.3) is 0 Å². The molecule has 2 heterocycles. The van der Waals surface area contributed by atoms with Crippen LogP contribution in [-0.2, 0) is 0 Å². The Hall–Kier alpha value is -0.380. The lowest BCUT2D eigenvalue weighted by Crippen LogP contribution is -2.48. The summed E-state index contributed by atoms with van der Waals surface area (Å²) < 4.78 is 0. The molecule has 1 N–H and O–H groups in total. The minimum Gasteiger partial charge on any atom is -0.317 e. The number of nitrogens with one attached hydrogen (secondary N) is 1. The van der Waals surface area contributed by atoms with E-state index in [-0.39, 0.29) is 0 Å². The van der Waals surface area contributed by atoms with Crippen molar-refractivity contribution in [3.05, 3.63) is 22.4 Å². The highest BCUT2D eigenvalue weighted by Crippen LogP contribution is 2.31. The van der Waals surface area contributed by atoms with Crippen LogP contribution in [0.15, 0.2) is 17.5 Å². The molecule has 3 unspecified atom stereocenters. The van der Waals surface area contributed by atoms with Gasteiger partial charge >= 0.3 is 0 Å². The largest absolute Gasteiger partial charge is 0.317 e. The molecule has 1 aliphatic heterocycles. The van der Waals surface area contributed by atoms with E-state index in [1.165, 1.54) is 30.8 Å². The molecule has 0 aromatic carbocycles. The second-order valence-corrected chi connectivity index (χ2v) is 6.07. The van der Waals surface area contributed by atoms with Gasteiger partial charge in [0.1, 0.15) is 0 Å². The predicted molar refractivity (Wildman–Crippen MR) is 75.6 cm³/mol. The van der Waals surface area contributed by atoms with Crippen LogP contribution in [0.25, 0.3) is 0 Å². The Labute approximate surface area is 109 Å². The summed E-state index contributed by atoms with van der Waals surface area (Å²) in [7, 11) is 2.09. The summed E-state index contributed by atoms with van der Waals surface area (Å²) in [5.74, 6) is 0.753. The summed E-state index contributed by atoms with van der Waals surface area (Å²) in [6, 6.07) is 5.79. The number of thiophene rings is 1. The van der Waals surface area contributed by atoms with Gasteiger partial charge in [-0.2, -0.15) is 0 Å². The average molecular weight is 252 g/mol. The molecule has 0 spiro atoms. The Morgan fingerprint density at radius 2 is 2.41 bits per heavy atom. The van der Waals surface area contributed by atoms with Gasteiger partial charge in [-0.15, -0.1) is 11.3 Å². The first-order valence-corrected chi connectivity index (χ1v) is 7.59. The molecule has 2 rings (SSSR count). The molecule has 1 aliphatic rings. The fraction of sp³-hybridized carbons (Fsp3) is 0.714. The third-order valence-corrected chi connectivity index (χ3v) is 4.98. The topological polar surface area (TPSA) is 15.3 Å². The summed E-state index contributed by atoms with van der Waals surface area (Å²) in [5, 5.41) is 5.64. The zero-order chi connectivity index (χ0) is 12.3. The van der Waals surface area contributed by atoms with Gasteiger partial charge in [-0.05, 0) is 37.3 Å². The molecule has 0 bridgehead atoms. The van der Waals surface area contributed by atoms with Gasteiger partial charge in [0, 0.05) is 30.1 Å². The number of hydrogen-bond donors (Lipinski definition) is 1. The Morgan fingerprint density at radius 1 is 1.59 bits per heavy atom. The van der Waals surface area contributed by atoms with E-state index in [0.717, 1.165) is 5.92 Å². The van der Waals surface area contributed by atoms with Crippen molar-refractivity contribution in [1.29, 1.82) is 0 Å². The molecule has 1 aromatic rings. The van der Waals surface area contributed by atoms with Crippen molar-refractivity contribution < 1.29 is 0 Å². The van der Waals surface area contributed by atoms with E-state index in [1.807, 2.05) is 11.3 Å². The molecule has 3 atom stereocenters. The zero-order valence-electron chi connectivity index (χ0n) is 11.1. The van der Waals surface area contributed by atoms with Crippen LogP contribution in [0, 0.1) is 5.92 Å². The molecule has 96 valence electrons. The van der Waals surface area contributed by atoms with Gasteiger partial charge in [-0.1, -0.05) is 19.9 Å². The average Bonchev–Trinajstić information content (AvgIpc) is 2.84. The van der Waals surface area contributed by atoms with Crippen LogP contribution in [0.2, 0.25) is 0 Å². The monoisotopic (exact) mass is 252 g/mol. The van der Waals surface area contributed by atoms with Crippen LogP contribution in [-0.4, -0.2) is 31.1 Å². The molecule has 17 heavy (non-hydrogen) atoms. The highest BCUT2D eigenvalue weighted by Gasteiger charge is 2.29. The van der Waals surface area contributed by atoms with Gasteiger partial charge < -0.3 is 5.32 Å². The molecular formula is C14H24N2S. The Kier molecular flexibility index (Phi) is 4.60. The van der Waals surface area contributed by atoms with E-state index in [4.69, 9.17) is 0 Å². The number of rotatable bonds is 4. The third kappa shape index (κ3) is 2.90. The molecule has 0 radical (unpaired) electrons. The highest BCUT2D eigenvalue weighted by atomic mass is 32.1. The first-order chi connectivity index (χ1) is 8.26. The van der Waals surface area contributed by atoms with Gasteiger partial charge in [0.15, 0.2) is 0 Å². The molecule has 1 aromatic heterocycles. The standard InChI is InChI=1S/C14H24N2S/c1-4-13(14-6-5-9-17-14)16-8-7-12(15-3)11(2)10-16/h5-6,9,11-13,15H,4,7-8,10H2,1-3H3. The van der Waals surface area contributed by atoms with Crippen molar-refractivity contribution in [2.75, 3.05) is 20.1 Å². The Morgan fingerprint density at radius 3 is 2.94 bits per heavy atom. The van der Waals surface area contributed by atoms with E-state index in [0.29, 0.717) is 12.1 Å². The molecule has 3 heteroatoms. The number of nitrogens with zero attached hydrogens (tertiary/aromatic N) is 1. The third-order valence-electron chi connectivity index (χ3n) is 4.01. The van der Waals surface area contributed by atoms with Crippen molar-refractivity contribution in [3.8, 4) is 0 Å². The summed E-state index contributed by atoms with van der Waals surface area (Å²) in [6.45, 7) is 7.13. The van der Waals surface area contributed by atoms with E-state index in [1.54, 1.807) is 0 Å². The lowest BCUT2D eigenvalue weighted by Gasteiger charge is -2.40. The summed E-state index contributed by atoms with van der Waals surface area (Å²) in [5.41, 5.74) is 0. The maximum Gasteiger partial charge on any atom is 0.0439 e. The van der Waals surface area contributed by atoms with Crippen molar-refractivity contribution in [2.24, 2.45) is 5.92 Å². The number of piperidine rings is 1. The van der Waals surface area contributed by atoms with Gasteiger partial charge in [0.05, 0.1) is 0 Å². The summed E-state index contributed by atoms with van der Waals surface area (Å²) in [4.78, 5) is 4.20. The molecule has 2 nitrogen and oxygen atoms in total. The molecule has 0 aliphatic carbocycles. The molecule has 1 fully saturated rings. The van der Waals surface area contributed by atoms with Crippen molar-refractivity contribution in [2.45, 2.75) is 38.8 Å². The van der Waals surface area contributed by atoms with Crippen LogP contribution >= 0.6 is 11.3 Å². The summed E-state index contributed by atoms with van der Waals surface area (Å²) in [6.07, 6.45) is 2.50. The van der Waals surface area contributed by atoms with Crippen molar-refractivity contribution in [1.82, 2.24) is 10.2 Å². The first-order valence-electron chi connectivity index (χ1n) is 6.71. The maximum absolute atomic E-state index is 3.44. The normalized spacial score (nSPS) is 28.2. The molecular weight excluding hydrogens is 228 g/mol.